The maximum Gasteiger partial charge on any atom is 0.395 e. The average molecular weight is 219 g/mol. The second-order valence-electron chi connectivity index (χ2n) is 3.30. The summed E-state index contributed by atoms with van der Waals surface area (Å²) >= 11 is 0. The van der Waals surface area contributed by atoms with Crippen LogP contribution in [-0.2, 0) is 0 Å². The first kappa shape index (κ1) is 11.7. The van der Waals surface area contributed by atoms with E-state index in [0.717, 1.165) is 0 Å². The molecule has 15 heavy (non-hydrogen) atoms. The number of aliphatic imine (C=N–C) groups is 1. The predicted molar refractivity (Wildman–Crippen MR) is 52.7 cm³/mol. The Kier molecular flexibility index (Phi) is 3.16. The van der Waals surface area contributed by atoms with Gasteiger partial charge in [-0.25, -0.2) is 5.01 Å². The zero-order valence-electron chi connectivity index (χ0n) is 8.54. The van der Waals surface area contributed by atoms with E-state index in [1.807, 2.05) is 0 Å². The molecule has 1 atom stereocenters. The fourth-order valence-corrected chi connectivity index (χ4v) is 1.48. The van der Waals surface area contributed by atoms with Crippen molar-refractivity contribution in [3.8, 4) is 0 Å². The molecule has 1 unspecified atom stereocenters. The van der Waals surface area contributed by atoms with E-state index in [4.69, 9.17) is 0 Å². The largest absolute Gasteiger partial charge is 0.395 e. The molecule has 84 valence electrons. The third-order valence-corrected chi connectivity index (χ3v) is 2.33. The molecule has 0 aromatic heterocycles. The van der Waals surface area contributed by atoms with Gasteiger partial charge in [0.2, 0.25) is 0 Å². The van der Waals surface area contributed by atoms with Crippen molar-refractivity contribution < 1.29 is 13.2 Å². The van der Waals surface area contributed by atoms with Gasteiger partial charge in [0.05, 0.1) is 5.92 Å². The van der Waals surface area contributed by atoms with Crippen LogP contribution in [-0.4, -0.2) is 30.8 Å². The van der Waals surface area contributed by atoms with Gasteiger partial charge in [0.25, 0.3) is 0 Å². The number of halogens is 3. The summed E-state index contributed by atoms with van der Waals surface area (Å²) in [6.07, 6.45) is -3.10. The van der Waals surface area contributed by atoms with E-state index in [-0.39, 0.29) is 17.8 Å². The Morgan fingerprint density at radius 3 is 2.53 bits per heavy atom. The molecule has 0 saturated heterocycles. The van der Waals surface area contributed by atoms with Crippen molar-refractivity contribution in [3.63, 3.8) is 0 Å². The lowest BCUT2D eigenvalue weighted by Gasteiger charge is -2.30. The topological polar surface area (TPSA) is 28.0 Å². The highest BCUT2D eigenvalue weighted by molar-refractivity contribution is 5.85. The van der Waals surface area contributed by atoms with Gasteiger partial charge in [-0.05, 0) is 12.5 Å². The molecule has 0 bridgehead atoms. The van der Waals surface area contributed by atoms with Gasteiger partial charge in [-0.1, -0.05) is 0 Å². The van der Waals surface area contributed by atoms with E-state index < -0.39 is 12.1 Å². The minimum Gasteiger partial charge on any atom is -0.274 e. The highest BCUT2D eigenvalue weighted by Gasteiger charge is 2.43. The van der Waals surface area contributed by atoms with E-state index in [2.05, 4.69) is 16.8 Å². The highest BCUT2D eigenvalue weighted by atomic mass is 19.4. The number of allylic oxidation sites excluding steroid dienone is 1. The van der Waals surface area contributed by atoms with Crippen molar-refractivity contribution in [2.24, 2.45) is 16.0 Å². The quantitative estimate of drug-likeness (QED) is 0.622. The van der Waals surface area contributed by atoms with Crippen LogP contribution in [0.2, 0.25) is 0 Å². The van der Waals surface area contributed by atoms with Gasteiger partial charge in [-0.3, -0.25) is 4.99 Å². The second-order valence-corrected chi connectivity index (χ2v) is 3.30. The molecular formula is C9H12F3N3. The Morgan fingerprint density at radius 1 is 1.53 bits per heavy atom. The number of nitrogens with zero attached hydrogens (tertiary/aromatic N) is 3. The molecule has 6 heteroatoms. The van der Waals surface area contributed by atoms with E-state index in [1.165, 1.54) is 25.2 Å². The molecule has 1 aliphatic heterocycles. The van der Waals surface area contributed by atoms with Gasteiger partial charge in [0.1, 0.15) is 5.84 Å². The lowest BCUT2D eigenvalue weighted by Crippen LogP contribution is -2.35. The molecule has 1 aliphatic rings. The molecule has 0 amide bonds. The Morgan fingerprint density at radius 2 is 2.13 bits per heavy atom. The van der Waals surface area contributed by atoms with Crippen molar-refractivity contribution in [2.75, 3.05) is 7.05 Å². The van der Waals surface area contributed by atoms with Gasteiger partial charge >= 0.3 is 6.18 Å². The van der Waals surface area contributed by atoms with Crippen molar-refractivity contribution in [1.82, 2.24) is 5.01 Å². The normalized spacial score (nSPS) is 25.4. The molecule has 1 rings (SSSR count). The summed E-state index contributed by atoms with van der Waals surface area (Å²) in [5, 5.41) is 4.85. The monoisotopic (exact) mass is 219 g/mol. The average Bonchev–Trinajstić information content (AvgIpc) is 2.15. The number of hydrazone groups is 1. The van der Waals surface area contributed by atoms with Gasteiger partial charge in [-0.2, -0.15) is 18.3 Å². The number of rotatable bonds is 1. The lowest BCUT2D eigenvalue weighted by molar-refractivity contribution is -0.163. The van der Waals surface area contributed by atoms with Crippen molar-refractivity contribution in [3.05, 3.63) is 11.8 Å². The minimum absolute atomic E-state index is 0.179. The molecule has 1 heterocycles. The zero-order chi connectivity index (χ0) is 11.6. The Bertz CT molecular complexity index is 317. The van der Waals surface area contributed by atoms with Crippen molar-refractivity contribution in [1.29, 1.82) is 0 Å². The molecule has 0 aromatic carbocycles. The first-order valence-electron chi connectivity index (χ1n) is 4.36. The summed E-state index contributed by atoms with van der Waals surface area (Å²) in [5.41, 5.74) is 0.224. The number of hydrogen-bond acceptors (Lipinski definition) is 2. The number of amidine groups is 1. The van der Waals surface area contributed by atoms with E-state index in [1.54, 1.807) is 0 Å². The van der Waals surface area contributed by atoms with E-state index in [9.17, 15) is 13.2 Å². The Balaban J connectivity index is 3.04. The van der Waals surface area contributed by atoms with Crippen LogP contribution < -0.4 is 0 Å². The first-order valence-corrected chi connectivity index (χ1v) is 4.36. The molecule has 0 N–H and O–H groups in total. The number of alkyl halides is 3. The molecular weight excluding hydrogens is 207 g/mol. The third kappa shape index (κ3) is 2.37. The summed E-state index contributed by atoms with van der Waals surface area (Å²) in [4.78, 5) is 3.76. The summed E-state index contributed by atoms with van der Waals surface area (Å²) in [7, 11) is 1.44. The summed E-state index contributed by atoms with van der Waals surface area (Å²) in [5.74, 6) is -1.19. The minimum atomic E-state index is -4.23. The van der Waals surface area contributed by atoms with Gasteiger partial charge < -0.3 is 0 Å². The molecule has 0 radical (unpaired) electrons. The fraction of sp³-hybridized carbons (Fsp3) is 0.556. The third-order valence-electron chi connectivity index (χ3n) is 2.33. The van der Waals surface area contributed by atoms with Crippen LogP contribution in [0.25, 0.3) is 0 Å². The summed E-state index contributed by atoms with van der Waals surface area (Å²) in [6.45, 7) is 4.71. The van der Waals surface area contributed by atoms with Gasteiger partial charge in [0.15, 0.2) is 0 Å². The van der Waals surface area contributed by atoms with Crippen LogP contribution in [0.3, 0.4) is 0 Å². The SMILES string of the molecule is C=NN1C=C(C)C(C(F)(F)F)CC1=NC. The molecule has 0 spiro atoms. The molecule has 0 aromatic rings. The lowest BCUT2D eigenvalue weighted by atomic mass is 9.93. The van der Waals surface area contributed by atoms with Gasteiger partial charge in [-0.15, -0.1) is 0 Å². The van der Waals surface area contributed by atoms with Crippen LogP contribution in [0.5, 0.6) is 0 Å². The molecule has 0 aliphatic carbocycles. The second kappa shape index (κ2) is 4.04. The maximum atomic E-state index is 12.6. The van der Waals surface area contributed by atoms with Crippen molar-refractivity contribution in [2.45, 2.75) is 19.5 Å². The van der Waals surface area contributed by atoms with Crippen LogP contribution in [0.15, 0.2) is 21.9 Å². The fourth-order valence-electron chi connectivity index (χ4n) is 1.48. The number of hydrogen-bond donors (Lipinski definition) is 0. The molecule has 0 fully saturated rings. The zero-order valence-corrected chi connectivity index (χ0v) is 8.54. The van der Waals surface area contributed by atoms with E-state index >= 15 is 0 Å². The van der Waals surface area contributed by atoms with Crippen LogP contribution in [0.4, 0.5) is 13.2 Å². The first-order chi connectivity index (χ1) is 6.90. The smallest absolute Gasteiger partial charge is 0.274 e. The van der Waals surface area contributed by atoms with Crippen LogP contribution >= 0.6 is 0 Å². The Hall–Kier alpha value is -1.33. The standard InChI is InChI=1S/C9H12F3N3/c1-6-5-15(14-3)8(13-2)4-7(6)9(10,11)12/h5,7H,3-4H2,1-2H3. The van der Waals surface area contributed by atoms with Crippen molar-refractivity contribution >= 4 is 12.6 Å². The predicted octanol–water partition coefficient (Wildman–Crippen LogP) is 2.42. The highest BCUT2D eigenvalue weighted by Crippen LogP contribution is 2.37. The van der Waals surface area contributed by atoms with Crippen LogP contribution in [0.1, 0.15) is 13.3 Å². The molecule has 3 nitrogen and oxygen atoms in total. The Labute approximate surface area is 86.0 Å². The van der Waals surface area contributed by atoms with Gasteiger partial charge in [0, 0.05) is 26.4 Å². The molecule has 0 saturated carbocycles. The summed E-state index contributed by atoms with van der Waals surface area (Å²) in [6, 6.07) is 0. The van der Waals surface area contributed by atoms with E-state index in [0.29, 0.717) is 0 Å². The summed E-state index contributed by atoms with van der Waals surface area (Å²) < 4.78 is 37.7. The maximum absolute atomic E-state index is 12.6. The van der Waals surface area contributed by atoms with Crippen LogP contribution in [0, 0.1) is 5.92 Å².